The van der Waals surface area contributed by atoms with Crippen molar-refractivity contribution in [2.75, 3.05) is 43.4 Å². The van der Waals surface area contributed by atoms with Gasteiger partial charge in [0.2, 0.25) is 5.95 Å². The van der Waals surface area contributed by atoms with Crippen molar-refractivity contribution >= 4 is 17.7 Å². The molecule has 1 saturated carbocycles. The molecule has 1 aliphatic carbocycles. The van der Waals surface area contributed by atoms with Crippen molar-refractivity contribution in [2.24, 2.45) is 0 Å². The number of nitrogens with zero attached hydrogens (tertiary/aromatic N) is 3. The Bertz CT molecular complexity index is 839. The Hall–Kier alpha value is -2.29. The van der Waals surface area contributed by atoms with Gasteiger partial charge in [-0.2, -0.15) is 22.5 Å². The molecule has 0 bridgehead atoms. The number of piperidine rings is 1. The van der Waals surface area contributed by atoms with Crippen molar-refractivity contribution in [3.05, 3.63) is 11.8 Å². The molecule has 210 valence electrons. The van der Waals surface area contributed by atoms with E-state index in [4.69, 9.17) is 0 Å². The number of amides is 1. The van der Waals surface area contributed by atoms with Crippen LogP contribution in [0.2, 0.25) is 0 Å². The topological polar surface area (TPSA) is 121 Å². The molecule has 2 heterocycles. The number of aliphatic hydroxyl groups excluding tert-OH is 1. The van der Waals surface area contributed by atoms with Crippen molar-refractivity contribution < 1.29 is 36.9 Å². The van der Waals surface area contributed by atoms with Crippen LogP contribution in [-0.4, -0.2) is 96.2 Å². The van der Waals surface area contributed by atoms with Gasteiger partial charge in [-0.25, -0.2) is 4.98 Å². The molecule has 0 radical (unpaired) electrons. The molecule has 1 aromatic rings. The molecule has 3 rings (SSSR count). The molecule has 2 fully saturated rings. The highest BCUT2D eigenvalue weighted by Crippen LogP contribution is 2.24. The van der Waals surface area contributed by atoms with E-state index in [0.29, 0.717) is 64.0 Å². The zero-order valence-corrected chi connectivity index (χ0v) is 20.8. The van der Waals surface area contributed by atoms with E-state index in [1.807, 2.05) is 4.90 Å². The largest absolute Gasteiger partial charge is 0.393 e. The van der Waals surface area contributed by atoms with Crippen LogP contribution in [0.5, 0.6) is 0 Å². The summed E-state index contributed by atoms with van der Waals surface area (Å²) in [5.74, 6) is 0.137. The number of rotatable bonds is 13. The van der Waals surface area contributed by atoms with E-state index in [1.54, 1.807) is 0 Å². The monoisotopic (exact) mass is 536 g/mol. The third kappa shape index (κ3) is 10.2. The standard InChI is InChI=1S/C23H36F4N6O4/c1-14(37-22(26)27)12-28-23-29-13-18(19(32-23)30-15-2-4-17(34)5-3-15)20(35)31-16-6-8-33(9-7-16)10-11-36-21(24)25/h13-17,21-22,34H,2-12H2,1H3,(H,31,35)(H2,28,29,30,32). The van der Waals surface area contributed by atoms with Gasteiger partial charge in [-0.1, -0.05) is 0 Å². The van der Waals surface area contributed by atoms with Crippen LogP contribution in [-0.2, 0) is 9.47 Å². The number of carbonyl (C=O) groups is 1. The number of aromatic nitrogens is 2. The molecular weight excluding hydrogens is 500 g/mol. The minimum absolute atomic E-state index is 0.0116. The van der Waals surface area contributed by atoms with Crippen molar-refractivity contribution in [2.45, 2.75) is 83.0 Å². The third-order valence-corrected chi connectivity index (χ3v) is 6.53. The summed E-state index contributed by atoms with van der Waals surface area (Å²) in [6.45, 7) is -2.49. The number of anilines is 2. The van der Waals surface area contributed by atoms with E-state index in [2.05, 4.69) is 35.4 Å². The number of aliphatic hydroxyl groups is 1. The normalized spacial score (nSPS) is 22.3. The van der Waals surface area contributed by atoms with Crippen molar-refractivity contribution in [3.8, 4) is 0 Å². The number of hydrogen-bond donors (Lipinski definition) is 4. The Balaban J connectivity index is 1.60. The van der Waals surface area contributed by atoms with Gasteiger partial charge in [0.25, 0.3) is 5.91 Å². The summed E-state index contributed by atoms with van der Waals surface area (Å²) in [7, 11) is 0. The van der Waals surface area contributed by atoms with Gasteiger partial charge in [0.05, 0.1) is 18.8 Å². The van der Waals surface area contributed by atoms with Crippen LogP contribution in [0.15, 0.2) is 6.20 Å². The van der Waals surface area contributed by atoms with Gasteiger partial charge < -0.3 is 35.4 Å². The molecule has 1 atom stereocenters. The van der Waals surface area contributed by atoms with Crippen LogP contribution in [0.3, 0.4) is 0 Å². The Morgan fingerprint density at radius 2 is 1.81 bits per heavy atom. The molecule has 1 amide bonds. The summed E-state index contributed by atoms with van der Waals surface area (Å²) in [5, 5.41) is 19.0. The van der Waals surface area contributed by atoms with Crippen LogP contribution >= 0.6 is 0 Å². The first-order valence-corrected chi connectivity index (χ1v) is 12.6. The molecule has 1 unspecified atom stereocenters. The van der Waals surface area contributed by atoms with E-state index in [1.165, 1.54) is 13.1 Å². The summed E-state index contributed by atoms with van der Waals surface area (Å²) >= 11 is 0. The fourth-order valence-electron chi connectivity index (χ4n) is 4.45. The number of hydrogen-bond acceptors (Lipinski definition) is 9. The van der Waals surface area contributed by atoms with Gasteiger partial charge in [0, 0.05) is 44.5 Å². The van der Waals surface area contributed by atoms with Gasteiger partial charge in [-0.05, 0) is 45.4 Å². The summed E-state index contributed by atoms with van der Waals surface area (Å²) < 4.78 is 57.9. The first kappa shape index (κ1) is 29.3. The smallest absolute Gasteiger partial charge is 0.345 e. The van der Waals surface area contributed by atoms with Crippen molar-refractivity contribution in [1.82, 2.24) is 20.2 Å². The van der Waals surface area contributed by atoms with Gasteiger partial charge in [-0.15, -0.1) is 0 Å². The summed E-state index contributed by atoms with van der Waals surface area (Å²) in [6, 6.07) is -0.0833. The molecule has 0 spiro atoms. The third-order valence-electron chi connectivity index (χ3n) is 6.53. The molecule has 10 nitrogen and oxygen atoms in total. The van der Waals surface area contributed by atoms with E-state index in [0.717, 1.165) is 0 Å². The number of alkyl halides is 4. The predicted molar refractivity (Wildman–Crippen MR) is 128 cm³/mol. The van der Waals surface area contributed by atoms with Crippen LogP contribution in [0, 0.1) is 0 Å². The number of carbonyl (C=O) groups excluding carboxylic acids is 1. The molecule has 1 saturated heterocycles. The lowest BCUT2D eigenvalue weighted by Crippen LogP contribution is -2.45. The molecule has 2 aliphatic rings. The molecule has 0 aromatic carbocycles. The molecule has 14 heteroatoms. The van der Waals surface area contributed by atoms with E-state index >= 15 is 0 Å². The lowest BCUT2D eigenvalue weighted by Gasteiger charge is -2.32. The lowest BCUT2D eigenvalue weighted by atomic mass is 9.93. The number of halogens is 4. The highest BCUT2D eigenvalue weighted by Gasteiger charge is 2.26. The van der Waals surface area contributed by atoms with Gasteiger partial charge in [0.15, 0.2) is 0 Å². The Morgan fingerprint density at radius 1 is 1.11 bits per heavy atom. The summed E-state index contributed by atoms with van der Waals surface area (Å²) in [5.41, 5.74) is 0.251. The number of nitrogens with one attached hydrogen (secondary N) is 3. The van der Waals surface area contributed by atoms with E-state index in [-0.39, 0.29) is 48.8 Å². The van der Waals surface area contributed by atoms with Crippen LogP contribution < -0.4 is 16.0 Å². The zero-order valence-electron chi connectivity index (χ0n) is 20.8. The maximum absolute atomic E-state index is 13.1. The average molecular weight is 537 g/mol. The first-order valence-electron chi connectivity index (χ1n) is 12.6. The Morgan fingerprint density at radius 3 is 2.46 bits per heavy atom. The lowest BCUT2D eigenvalue weighted by molar-refractivity contribution is -0.153. The quantitative estimate of drug-likeness (QED) is 0.282. The van der Waals surface area contributed by atoms with E-state index in [9.17, 15) is 27.5 Å². The van der Waals surface area contributed by atoms with Gasteiger partial charge >= 0.3 is 13.2 Å². The molecule has 1 aliphatic heterocycles. The number of ether oxygens (including phenoxy) is 2. The Labute approximate surface area is 213 Å². The second-order valence-corrected chi connectivity index (χ2v) is 9.41. The molecule has 1 aromatic heterocycles. The van der Waals surface area contributed by atoms with Crippen LogP contribution in [0.4, 0.5) is 29.3 Å². The minimum atomic E-state index is -2.89. The second-order valence-electron chi connectivity index (χ2n) is 9.41. The fraction of sp³-hybridized carbons (Fsp3) is 0.783. The fourth-order valence-corrected chi connectivity index (χ4v) is 4.45. The van der Waals surface area contributed by atoms with Gasteiger partial charge in [-0.3, -0.25) is 4.79 Å². The van der Waals surface area contributed by atoms with Gasteiger partial charge in [0.1, 0.15) is 11.4 Å². The highest BCUT2D eigenvalue weighted by atomic mass is 19.3. The zero-order chi connectivity index (χ0) is 26.8. The maximum atomic E-state index is 13.1. The van der Waals surface area contributed by atoms with Crippen LogP contribution in [0.1, 0.15) is 55.8 Å². The highest BCUT2D eigenvalue weighted by molar-refractivity contribution is 5.98. The van der Waals surface area contributed by atoms with Crippen molar-refractivity contribution in [1.29, 1.82) is 0 Å². The minimum Gasteiger partial charge on any atom is -0.393 e. The van der Waals surface area contributed by atoms with Crippen molar-refractivity contribution in [3.63, 3.8) is 0 Å². The molecule has 4 N–H and O–H groups in total. The molecular formula is C23H36F4N6O4. The maximum Gasteiger partial charge on any atom is 0.345 e. The predicted octanol–water partition coefficient (Wildman–Crippen LogP) is 2.67. The SMILES string of the molecule is CC(CNc1ncc(C(=O)NC2CCN(CCOC(F)F)CC2)c(NC2CCC(O)CC2)n1)OC(F)F. The summed E-state index contributed by atoms with van der Waals surface area (Å²) in [4.78, 5) is 23.8. The van der Waals surface area contributed by atoms with E-state index < -0.39 is 19.3 Å². The summed E-state index contributed by atoms with van der Waals surface area (Å²) in [6.07, 6.45) is 4.28. The first-order chi connectivity index (χ1) is 17.7. The molecule has 37 heavy (non-hydrogen) atoms. The second kappa shape index (κ2) is 14.6. The number of likely N-dealkylation sites (tertiary alicyclic amines) is 1. The average Bonchev–Trinajstić information content (AvgIpc) is 2.85. The van der Waals surface area contributed by atoms with Crippen LogP contribution in [0.25, 0.3) is 0 Å². The Kier molecular flexibility index (Phi) is 11.5.